The molecule has 1 atom stereocenters. The largest absolute Gasteiger partial charge is 0.507 e. The van der Waals surface area contributed by atoms with Gasteiger partial charge in [-0.15, -0.1) is 11.3 Å². The third-order valence-corrected chi connectivity index (χ3v) is 8.20. The fraction of sp³-hybridized carbons (Fsp3) is 0.185. The number of likely N-dealkylation sites (tertiary alicyclic amines) is 1. The summed E-state index contributed by atoms with van der Waals surface area (Å²) in [6, 6.07) is 16.7. The number of Topliss-reactive ketones (excluding diaryl/α,β-unsaturated/α-hetero) is 1. The minimum atomic E-state index is -0.644. The molecule has 4 aromatic rings. The van der Waals surface area contributed by atoms with Crippen molar-refractivity contribution in [1.82, 2.24) is 9.47 Å². The van der Waals surface area contributed by atoms with Crippen LogP contribution in [0.1, 0.15) is 27.6 Å². The molecule has 0 radical (unpaired) electrons. The van der Waals surface area contributed by atoms with Crippen LogP contribution in [0.15, 0.2) is 76.2 Å². The number of aromatic nitrogens is 1. The fourth-order valence-corrected chi connectivity index (χ4v) is 5.76. The van der Waals surface area contributed by atoms with Gasteiger partial charge in [-0.1, -0.05) is 46.3 Å². The summed E-state index contributed by atoms with van der Waals surface area (Å²) < 4.78 is 2.99. The van der Waals surface area contributed by atoms with E-state index < -0.39 is 17.7 Å². The van der Waals surface area contributed by atoms with Crippen LogP contribution in [0.4, 0.5) is 0 Å². The van der Waals surface area contributed by atoms with Crippen LogP contribution in [0.2, 0.25) is 0 Å². The SMILES string of the molecule is Cc1cc(/C(O)=C2/C(=O)C(=O)N(CCc3cn(C)c4ccccc34)C2c2cccs2)ccc1Br. The molecule has 5 rings (SSSR count). The zero-order valence-electron chi connectivity index (χ0n) is 18.8. The van der Waals surface area contributed by atoms with Gasteiger partial charge in [0.05, 0.1) is 11.6 Å². The van der Waals surface area contributed by atoms with Crippen LogP contribution in [0, 0.1) is 6.92 Å². The second-order valence-corrected chi connectivity index (χ2v) is 10.3. The Balaban J connectivity index is 1.55. The molecule has 0 aliphatic carbocycles. The summed E-state index contributed by atoms with van der Waals surface area (Å²) in [5, 5.41) is 14.3. The normalized spacial score (nSPS) is 17.7. The van der Waals surface area contributed by atoms with Crippen molar-refractivity contribution in [3.05, 3.63) is 97.8 Å². The quantitative estimate of drug-likeness (QED) is 0.195. The first-order chi connectivity index (χ1) is 16.4. The lowest BCUT2D eigenvalue weighted by Crippen LogP contribution is -2.31. The van der Waals surface area contributed by atoms with Gasteiger partial charge in [-0.05, 0) is 54.1 Å². The molecule has 1 saturated heterocycles. The number of thiophene rings is 1. The molecule has 7 heteroatoms. The van der Waals surface area contributed by atoms with E-state index in [2.05, 4.69) is 38.8 Å². The van der Waals surface area contributed by atoms with Crippen molar-refractivity contribution in [2.24, 2.45) is 7.05 Å². The van der Waals surface area contributed by atoms with Crippen LogP contribution < -0.4 is 0 Å². The zero-order valence-corrected chi connectivity index (χ0v) is 21.2. The maximum Gasteiger partial charge on any atom is 0.295 e. The summed E-state index contributed by atoms with van der Waals surface area (Å²) >= 11 is 4.95. The number of para-hydroxylation sites is 1. The van der Waals surface area contributed by atoms with Crippen LogP contribution in [0.5, 0.6) is 0 Å². The molecule has 0 spiro atoms. The van der Waals surface area contributed by atoms with Crippen LogP contribution in [0.25, 0.3) is 16.7 Å². The van der Waals surface area contributed by atoms with Crippen molar-refractivity contribution >= 4 is 55.6 Å². The van der Waals surface area contributed by atoms with Gasteiger partial charge >= 0.3 is 0 Å². The maximum absolute atomic E-state index is 13.2. The first kappa shape index (κ1) is 22.6. The summed E-state index contributed by atoms with van der Waals surface area (Å²) in [5.74, 6) is -1.36. The number of aliphatic hydroxyl groups is 1. The van der Waals surface area contributed by atoms with E-state index in [0.29, 0.717) is 18.5 Å². The van der Waals surface area contributed by atoms with E-state index in [1.165, 1.54) is 11.3 Å². The second kappa shape index (κ2) is 8.89. The highest BCUT2D eigenvalue weighted by Crippen LogP contribution is 2.41. The molecule has 172 valence electrons. The number of carbonyl (C=O) groups excluding carboxylic acids is 2. The average Bonchev–Trinajstić information content (AvgIpc) is 3.53. The molecule has 1 aliphatic heterocycles. The molecule has 34 heavy (non-hydrogen) atoms. The third kappa shape index (κ3) is 3.79. The predicted molar refractivity (Wildman–Crippen MR) is 139 cm³/mol. The topological polar surface area (TPSA) is 62.5 Å². The number of aryl methyl sites for hydroxylation is 2. The van der Waals surface area contributed by atoms with Crippen LogP contribution in [-0.4, -0.2) is 32.8 Å². The number of rotatable bonds is 5. The molecule has 1 unspecified atom stereocenters. The Morgan fingerprint density at radius 1 is 1.12 bits per heavy atom. The summed E-state index contributed by atoms with van der Waals surface area (Å²) in [7, 11) is 2.00. The van der Waals surface area contributed by atoms with E-state index in [9.17, 15) is 14.7 Å². The molecule has 5 nitrogen and oxygen atoms in total. The van der Waals surface area contributed by atoms with E-state index in [1.54, 1.807) is 11.0 Å². The van der Waals surface area contributed by atoms with Gasteiger partial charge in [0.25, 0.3) is 11.7 Å². The van der Waals surface area contributed by atoms with Crippen molar-refractivity contribution in [3.8, 4) is 0 Å². The molecule has 3 heterocycles. The van der Waals surface area contributed by atoms with Crippen molar-refractivity contribution in [3.63, 3.8) is 0 Å². The van der Waals surface area contributed by atoms with Gasteiger partial charge in [0, 0.05) is 45.6 Å². The minimum Gasteiger partial charge on any atom is -0.507 e. The number of carbonyl (C=O) groups is 2. The van der Waals surface area contributed by atoms with Crippen molar-refractivity contribution in [2.45, 2.75) is 19.4 Å². The Hall–Kier alpha value is -3.16. The number of fused-ring (bicyclic) bond motifs is 1. The highest BCUT2D eigenvalue weighted by atomic mass is 79.9. The minimum absolute atomic E-state index is 0.139. The Kier molecular flexibility index (Phi) is 5.91. The molecule has 2 aromatic heterocycles. The number of halogens is 1. The zero-order chi connectivity index (χ0) is 24.0. The predicted octanol–water partition coefficient (Wildman–Crippen LogP) is 5.98. The number of benzene rings is 2. The Morgan fingerprint density at radius 2 is 1.91 bits per heavy atom. The summed E-state index contributed by atoms with van der Waals surface area (Å²) in [6.07, 6.45) is 2.68. The smallest absolute Gasteiger partial charge is 0.295 e. The summed E-state index contributed by atoms with van der Waals surface area (Å²) in [6.45, 7) is 2.29. The number of hydrogen-bond donors (Lipinski definition) is 1. The lowest BCUT2D eigenvalue weighted by atomic mass is 9.99. The summed E-state index contributed by atoms with van der Waals surface area (Å²) in [5.41, 5.74) is 3.84. The monoisotopic (exact) mass is 534 g/mol. The van der Waals surface area contributed by atoms with Crippen LogP contribution in [-0.2, 0) is 23.1 Å². The lowest BCUT2D eigenvalue weighted by molar-refractivity contribution is -0.139. The first-order valence-corrected chi connectivity index (χ1v) is 12.7. The fourth-order valence-electron chi connectivity index (χ4n) is 4.67. The molecule has 1 N–H and O–H groups in total. The van der Waals surface area contributed by atoms with Gasteiger partial charge in [-0.3, -0.25) is 9.59 Å². The van der Waals surface area contributed by atoms with Crippen molar-refractivity contribution in [1.29, 1.82) is 0 Å². The van der Waals surface area contributed by atoms with Gasteiger partial charge in [0.2, 0.25) is 0 Å². The van der Waals surface area contributed by atoms with E-state index in [4.69, 9.17) is 0 Å². The van der Waals surface area contributed by atoms with Gasteiger partial charge < -0.3 is 14.6 Å². The molecule has 2 aromatic carbocycles. The average molecular weight is 535 g/mol. The van der Waals surface area contributed by atoms with E-state index in [1.807, 2.05) is 55.7 Å². The van der Waals surface area contributed by atoms with Gasteiger partial charge in [-0.25, -0.2) is 0 Å². The number of ketones is 1. The standard InChI is InChI=1S/C27H23BrN2O3S/c1-16-14-17(9-10-20(16)28)25(31)23-24(22-8-5-13-34-22)30(27(33)26(23)32)12-11-18-15-29(2)21-7-4-3-6-19(18)21/h3-10,13-15,24,31H,11-12H2,1-2H3/b25-23-. The van der Waals surface area contributed by atoms with Crippen LogP contribution in [0.3, 0.4) is 0 Å². The van der Waals surface area contributed by atoms with Crippen LogP contribution >= 0.6 is 27.3 Å². The van der Waals surface area contributed by atoms with E-state index in [-0.39, 0.29) is 11.3 Å². The molecule has 1 fully saturated rings. The Bertz CT molecular complexity index is 1450. The molecule has 0 bridgehead atoms. The Morgan fingerprint density at radius 3 is 2.65 bits per heavy atom. The van der Waals surface area contributed by atoms with E-state index >= 15 is 0 Å². The molecular formula is C27H23BrN2O3S. The first-order valence-electron chi connectivity index (χ1n) is 11.0. The molecule has 1 aliphatic rings. The van der Waals surface area contributed by atoms with Crippen molar-refractivity contribution < 1.29 is 14.7 Å². The molecule has 1 amide bonds. The highest BCUT2D eigenvalue weighted by Gasteiger charge is 2.46. The van der Waals surface area contributed by atoms with E-state index in [0.717, 1.165) is 31.4 Å². The van der Waals surface area contributed by atoms with Gasteiger partial charge in [0.1, 0.15) is 5.76 Å². The number of hydrogen-bond acceptors (Lipinski definition) is 4. The second-order valence-electron chi connectivity index (χ2n) is 8.50. The number of nitrogens with zero attached hydrogens (tertiary/aromatic N) is 2. The summed E-state index contributed by atoms with van der Waals surface area (Å²) in [4.78, 5) is 28.8. The number of aliphatic hydroxyl groups excluding tert-OH is 1. The third-order valence-electron chi connectivity index (χ3n) is 6.39. The van der Waals surface area contributed by atoms with Gasteiger partial charge in [-0.2, -0.15) is 0 Å². The van der Waals surface area contributed by atoms with Crippen molar-refractivity contribution in [2.75, 3.05) is 6.54 Å². The maximum atomic E-state index is 13.2. The number of amides is 1. The highest BCUT2D eigenvalue weighted by molar-refractivity contribution is 9.10. The molecular weight excluding hydrogens is 512 g/mol. The molecule has 0 saturated carbocycles. The van der Waals surface area contributed by atoms with Gasteiger partial charge in [0.15, 0.2) is 0 Å². The Labute approximate surface area is 210 Å². The lowest BCUT2D eigenvalue weighted by Gasteiger charge is -2.24.